The van der Waals surface area contributed by atoms with Crippen LogP contribution in [0.4, 0.5) is 0 Å². The van der Waals surface area contributed by atoms with Crippen LogP contribution in [0.2, 0.25) is 13.7 Å². The lowest BCUT2D eigenvalue weighted by Gasteiger charge is -2.11. The van der Waals surface area contributed by atoms with Gasteiger partial charge in [0.15, 0.2) is 0 Å². The van der Waals surface area contributed by atoms with Gasteiger partial charge in [0.05, 0.1) is 13.5 Å². The molecular formula is C11H5Br2Cl3S. The summed E-state index contributed by atoms with van der Waals surface area (Å²) in [7, 11) is 0. The predicted molar refractivity (Wildman–Crippen MR) is 84.3 cm³/mol. The van der Waals surface area contributed by atoms with E-state index in [1.165, 1.54) is 11.3 Å². The minimum atomic E-state index is -0.0660. The molecule has 0 fully saturated rings. The molecule has 1 heterocycles. The molecule has 2 aromatic rings. The van der Waals surface area contributed by atoms with E-state index in [0.717, 1.165) is 15.6 Å². The van der Waals surface area contributed by atoms with Crippen LogP contribution in [0.5, 0.6) is 0 Å². The molecule has 1 atom stereocenters. The highest BCUT2D eigenvalue weighted by atomic mass is 79.9. The number of benzene rings is 1. The van der Waals surface area contributed by atoms with Crippen molar-refractivity contribution in [3.8, 4) is 0 Å². The SMILES string of the molecule is Clc1cc(C(Br)c2cc(Br)ccc2Cl)c(Cl)s1. The molecule has 0 N–H and O–H groups in total. The second-order valence-corrected chi connectivity index (χ2v) is 7.83. The van der Waals surface area contributed by atoms with Crippen LogP contribution < -0.4 is 0 Å². The molecule has 1 aromatic heterocycles. The Balaban J connectivity index is 2.46. The average Bonchev–Trinajstić information content (AvgIpc) is 2.60. The van der Waals surface area contributed by atoms with Crippen molar-refractivity contribution in [2.24, 2.45) is 0 Å². The van der Waals surface area contributed by atoms with Crippen molar-refractivity contribution in [1.29, 1.82) is 0 Å². The fourth-order valence-corrected chi connectivity index (χ4v) is 4.69. The molecule has 1 unspecified atom stereocenters. The molecule has 0 amide bonds. The Labute approximate surface area is 135 Å². The van der Waals surface area contributed by atoms with Crippen molar-refractivity contribution in [3.05, 3.63) is 53.6 Å². The monoisotopic (exact) mass is 432 g/mol. The molecule has 17 heavy (non-hydrogen) atoms. The van der Waals surface area contributed by atoms with Crippen molar-refractivity contribution >= 4 is 78.0 Å². The van der Waals surface area contributed by atoms with Crippen LogP contribution >= 0.6 is 78.0 Å². The fraction of sp³-hybridized carbons (Fsp3) is 0.0909. The van der Waals surface area contributed by atoms with Gasteiger partial charge in [-0.25, -0.2) is 0 Å². The maximum atomic E-state index is 6.18. The Bertz CT molecular complexity index is 554. The smallest absolute Gasteiger partial charge is 0.0990 e. The van der Waals surface area contributed by atoms with Crippen LogP contribution in [0.15, 0.2) is 28.7 Å². The molecule has 0 saturated carbocycles. The van der Waals surface area contributed by atoms with Crippen molar-refractivity contribution in [2.45, 2.75) is 4.83 Å². The van der Waals surface area contributed by atoms with Crippen molar-refractivity contribution in [3.63, 3.8) is 0 Å². The first-order chi connectivity index (χ1) is 7.99. The van der Waals surface area contributed by atoms with E-state index in [1.807, 2.05) is 24.3 Å². The summed E-state index contributed by atoms with van der Waals surface area (Å²) < 4.78 is 2.31. The third-order valence-corrected chi connectivity index (χ3v) is 5.53. The Hall–Kier alpha value is 0.750. The minimum absolute atomic E-state index is 0.0660. The second-order valence-electron chi connectivity index (χ2n) is 3.31. The lowest BCUT2D eigenvalue weighted by Crippen LogP contribution is -1.92. The summed E-state index contributed by atoms with van der Waals surface area (Å²) in [6.07, 6.45) is 0. The number of halogens is 5. The van der Waals surface area contributed by atoms with Crippen molar-refractivity contribution in [2.75, 3.05) is 0 Å². The van der Waals surface area contributed by atoms with E-state index in [1.54, 1.807) is 0 Å². The Kier molecular flexibility index (Phi) is 4.84. The first-order valence-electron chi connectivity index (χ1n) is 4.53. The van der Waals surface area contributed by atoms with E-state index in [2.05, 4.69) is 31.9 Å². The number of hydrogen-bond donors (Lipinski definition) is 0. The van der Waals surface area contributed by atoms with Gasteiger partial charge in [-0.15, -0.1) is 11.3 Å². The van der Waals surface area contributed by atoms with Gasteiger partial charge in [-0.3, -0.25) is 0 Å². The van der Waals surface area contributed by atoms with E-state index in [0.29, 0.717) is 13.7 Å². The van der Waals surface area contributed by atoms with Gasteiger partial charge in [-0.1, -0.05) is 66.7 Å². The Morgan fingerprint density at radius 1 is 1.06 bits per heavy atom. The van der Waals surface area contributed by atoms with Gasteiger partial charge in [0.2, 0.25) is 0 Å². The highest BCUT2D eigenvalue weighted by molar-refractivity contribution is 9.10. The average molecular weight is 435 g/mol. The van der Waals surface area contributed by atoms with Crippen LogP contribution in [-0.4, -0.2) is 0 Å². The molecule has 0 bridgehead atoms. The maximum Gasteiger partial charge on any atom is 0.0990 e. The molecule has 90 valence electrons. The molecule has 0 nitrogen and oxygen atoms in total. The second kappa shape index (κ2) is 5.81. The summed E-state index contributed by atoms with van der Waals surface area (Å²) in [5.41, 5.74) is 1.89. The standard InChI is InChI=1S/C11H5Br2Cl3S/c12-5-1-2-8(14)6(3-5)10(13)7-4-9(15)17-11(7)16/h1-4,10H. The lowest BCUT2D eigenvalue weighted by molar-refractivity contribution is 1.19. The van der Waals surface area contributed by atoms with Crippen molar-refractivity contribution < 1.29 is 0 Å². The van der Waals surface area contributed by atoms with Crippen LogP contribution in [0.25, 0.3) is 0 Å². The largest absolute Gasteiger partial charge is 0.111 e. The van der Waals surface area contributed by atoms with Crippen LogP contribution in [-0.2, 0) is 0 Å². The molecule has 6 heteroatoms. The molecule has 1 aromatic carbocycles. The van der Waals surface area contributed by atoms with Gasteiger partial charge in [0.25, 0.3) is 0 Å². The number of hydrogen-bond acceptors (Lipinski definition) is 1. The zero-order valence-electron chi connectivity index (χ0n) is 8.18. The molecule has 0 saturated heterocycles. The van der Waals surface area contributed by atoms with E-state index in [9.17, 15) is 0 Å². The highest BCUT2D eigenvalue weighted by Gasteiger charge is 2.19. The summed E-state index contributed by atoms with van der Waals surface area (Å²) in [4.78, 5) is -0.0660. The molecule has 0 aliphatic rings. The molecule has 0 aliphatic heterocycles. The van der Waals surface area contributed by atoms with Crippen LogP contribution in [0, 0.1) is 0 Å². The predicted octanol–water partition coefficient (Wildman–Crippen LogP) is 6.96. The summed E-state index contributed by atoms with van der Waals surface area (Å²) in [6.45, 7) is 0. The zero-order chi connectivity index (χ0) is 12.6. The Morgan fingerprint density at radius 2 is 1.76 bits per heavy atom. The molecular weight excluding hydrogens is 430 g/mol. The summed E-state index contributed by atoms with van der Waals surface area (Å²) in [5.74, 6) is 0. The molecule has 0 radical (unpaired) electrons. The van der Waals surface area contributed by atoms with E-state index in [4.69, 9.17) is 34.8 Å². The van der Waals surface area contributed by atoms with Gasteiger partial charge in [0, 0.05) is 15.1 Å². The first-order valence-corrected chi connectivity index (χ1v) is 8.18. The van der Waals surface area contributed by atoms with Gasteiger partial charge < -0.3 is 0 Å². The number of rotatable bonds is 2. The molecule has 0 spiro atoms. The summed E-state index contributed by atoms with van der Waals surface area (Å²) in [5, 5.41) is 0.688. The maximum absolute atomic E-state index is 6.18. The van der Waals surface area contributed by atoms with E-state index < -0.39 is 0 Å². The van der Waals surface area contributed by atoms with Crippen molar-refractivity contribution in [1.82, 2.24) is 0 Å². The molecule has 0 aliphatic carbocycles. The zero-order valence-corrected chi connectivity index (χ0v) is 14.4. The van der Waals surface area contributed by atoms with E-state index >= 15 is 0 Å². The van der Waals surface area contributed by atoms with Gasteiger partial charge in [-0.2, -0.15) is 0 Å². The summed E-state index contributed by atoms with van der Waals surface area (Å²) in [6, 6.07) is 7.56. The number of alkyl halides is 1. The van der Waals surface area contributed by atoms with Gasteiger partial charge in [0.1, 0.15) is 0 Å². The topological polar surface area (TPSA) is 0 Å². The third kappa shape index (κ3) is 3.20. The quantitative estimate of drug-likeness (QED) is 0.448. The number of thiophene rings is 1. The van der Waals surface area contributed by atoms with Crippen LogP contribution in [0.1, 0.15) is 16.0 Å². The van der Waals surface area contributed by atoms with Gasteiger partial charge in [-0.05, 0) is 29.8 Å². The third-order valence-electron chi connectivity index (χ3n) is 2.19. The fourth-order valence-electron chi connectivity index (χ4n) is 1.40. The minimum Gasteiger partial charge on any atom is -0.111 e. The highest BCUT2D eigenvalue weighted by Crippen LogP contribution is 2.43. The molecule has 2 rings (SSSR count). The van der Waals surface area contributed by atoms with Crippen LogP contribution in [0.3, 0.4) is 0 Å². The lowest BCUT2D eigenvalue weighted by atomic mass is 10.1. The Morgan fingerprint density at radius 3 is 2.35 bits per heavy atom. The summed E-state index contributed by atoms with van der Waals surface area (Å²) >= 11 is 26.6. The normalized spacial score (nSPS) is 12.8. The van der Waals surface area contributed by atoms with Gasteiger partial charge >= 0.3 is 0 Å². The van der Waals surface area contributed by atoms with E-state index in [-0.39, 0.29) is 4.83 Å². The first kappa shape index (κ1) is 14.2.